The van der Waals surface area contributed by atoms with E-state index in [0.29, 0.717) is 6.54 Å². The van der Waals surface area contributed by atoms with Crippen LogP contribution in [0, 0.1) is 0 Å². The Morgan fingerprint density at radius 1 is 1.40 bits per heavy atom. The van der Waals surface area contributed by atoms with E-state index in [1.54, 1.807) is 0 Å². The Bertz CT molecular complexity index is 47.0. The van der Waals surface area contributed by atoms with E-state index < -0.39 is 0 Å². The monoisotopic (exact) mass is 150 g/mol. The molecule has 4 heteroatoms. The quantitative estimate of drug-likeness (QED) is 0.400. The Labute approximate surface area is 61.8 Å². The molecule has 0 spiro atoms. The molecule has 0 aliphatic rings. The largest absolute Gasteiger partial charge is 0.395 e. The van der Waals surface area contributed by atoms with Crippen LogP contribution < -0.4 is 11.5 Å². The summed E-state index contributed by atoms with van der Waals surface area (Å²) in [7, 11) is 0. The van der Waals surface area contributed by atoms with Crippen molar-refractivity contribution in [2.24, 2.45) is 11.5 Å². The second-order valence-electron chi connectivity index (χ2n) is 1.86. The van der Waals surface area contributed by atoms with E-state index in [1.165, 1.54) is 0 Å². The van der Waals surface area contributed by atoms with Gasteiger partial charge in [0.15, 0.2) is 0 Å². The summed E-state index contributed by atoms with van der Waals surface area (Å²) in [6.07, 6.45) is 0.858. The lowest BCUT2D eigenvalue weighted by atomic mass is 10.3. The van der Waals surface area contributed by atoms with Crippen LogP contribution in [0.1, 0.15) is 13.3 Å². The fourth-order valence-electron chi connectivity index (χ4n) is 0.129. The van der Waals surface area contributed by atoms with Gasteiger partial charge in [-0.2, -0.15) is 0 Å². The van der Waals surface area contributed by atoms with Gasteiger partial charge in [-0.3, -0.25) is 0 Å². The molecule has 0 aliphatic heterocycles. The van der Waals surface area contributed by atoms with Gasteiger partial charge in [-0.1, -0.05) is 6.92 Å². The summed E-state index contributed by atoms with van der Waals surface area (Å²) < 4.78 is 0. The topological polar surface area (TPSA) is 92.5 Å². The highest BCUT2D eigenvalue weighted by atomic mass is 16.3. The van der Waals surface area contributed by atoms with Crippen LogP contribution in [0.2, 0.25) is 0 Å². The molecule has 64 valence electrons. The highest BCUT2D eigenvalue weighted by Crippen LogP contribution is 1.79. The van der Waals surface area contributed by atoms with Crippen molar-refractivity contribution in [1.82, 2.24) is 0 Å². The average molecular weight is 150 g/mol. The molecule has 10 heavy (non-hydrogen) atoms. The molecule has 0 saturated heterocycles. The molecule has 0 bridgehead atoms. The van der Waals surface area contributed by atoms with Gasteiger partial charge in [0.05, 0.1) is 13.2 Å². The van der Waals surface area contributed by atoms with Crippen molar-refractivity contribution >= 4 is 0 Å². The highest BCUT2D eigenvalue weighted by molar-refractivity contribution is 4.51. The Morgan fingerprint density at radius 3 is 1.80 bits per heavy atom. The molecular weight excluding hydrogens is 132 g/mol. The van der Waals surface area contributed by atoms with E-state index in [4.69, 9.17) is 21.7 Å². The van der Waals surface area contributed by atoms with Crippen LogP contribution in [0.3, 0.4) is 0 Å². The molecule has 0 saturated carbocycles. The summed E-state index contributed by atoms with van der Waals surface area (Å²) in [4.78, 5) is 0. The van der Waals surface area contributed by atoms with Crippen molar-refractivity contribution in [3.05, 3.63) is 0 Å². The summed E-state index contributed by atoms with van der Waals surface area (Å²) in [5, 5.41) is 16.0. The molecule has 1 atom stereocenters. The van der Waals surface area contributed by atoms with Crippen molar-refractivity contribution in [1.29, 1.82) is 0 Å². The van der Waals surface area contributed by atoms with Crippen LogP contribution in [0.5, 0.6) is 0 Å². The van der Waals surface area contributed by atoms with Gasteiger partial charge in [0.2, 0.25) is 0 Å². The van der Waals surface area contributed by atoms with Crippen LogP contribution >= 0.6 is 0 Å². The van der Waals surface area contributed by atoms with Crippen LogP contribution in [0.4, 0.5) is 0 Å². The molecule has 0 rings (SSSR count). The van der Waals surface area contributed by atoms with Crippen LogP contribution in [-0.4, -0.2) is 36.0 Å². The first-order chi connectivity index (χ1) is 4.72. The minimum absolute atomic E-state index is 0.00926. The number of rotatable bonds is 3. The zero-order valence-electron chi connectivity index (χ0n) is 6.45. The second-order valence-corrected chi connectivity index (χ2v) is 1.86. The second kappa shape index (κ2) is 11.6. The summed E-state index contributed by atoms with van der Waals surface area (Å²) in [6, 6.07) is -0.00926. The van der Waals surface area contributed by atoms with Gasteiger partial charge in [-0.05, 0) is 6.42 Å². The first-order valence-electron chi connectivity index (χ1n) is 3.40. The SMILES string of the molecule is CCC(N)CO.NCCO. The van der Waals surface area contributed by atoms with E-state index in [1.807, 2.05) is 6.92 Å². The average Bonchev–Trinajstić information content (AvgIpc) is 2.03. The predicted molar refractivity (Wildman–Crippen MR) is 41.5 cm³/mol. The third-order valence-corrected chi connectivity index (χ3v) is 0.888. The molecule has 0 aromatic heterocycles. The fourth-order valence-corrected chi connectivity index (χ4v) is 0.129. The Balaban J connectivity index is 0. The summed E-state index contributed by atoms with van der Waals surface area (Å²) in [5.74, 6) is 0. The van der Waals surface area contributed by atoms with Gasteiger partial charge in [0, 0.05) is 12.6 Å². The number of nitrogens with two attached hydrogens (primary N) is 2. The highest BCUT2D eigenvalue weighted by Gasteiger charge is 1.90. The van der Waals surface area contributed by atoms with Crippen LogP contribution in [-0.2, 0) is 0 Å². The standard InChI is InChI=1S/C4H11NO.C2H7NO/c1-2-4(5)3-6;3-1-2-4/h4,6H,2-3,5H2,1H3;4H,1-3H2. The fraction of sp³-hybridized carbons (Fsp3) is 1.00. The maximum atomic E-state index is 8.21. The molecule has 0 amide bonds. The molecule has 0 heterocycles. The van der Waals surface area contributed by atoms with E-state index >= 15 is 0 Å². The maximum absolute atomic E-state index is 8.21. The third kappa shape index (κ3) is 15.7. The first-order valence-corrected chi connectivity index (χ1v) is 3.40. The molecule has 0 radical (unpaired) electrons. The van der Waals surface area contributed by atoms with E-state index in [0.717, 1.165) is 6.42 Å². The molecule has 6 N–H and O–H groups in total. The first kappa shape index (κ1) is 12.5. The molecular formula is C6H18N2O2. The van der Waals surface area contributed by atoms with Gasteiger partial charge < -0.3 is 21.7 Å². The summed E-state index contributed by atoms with van der Waals surface area (Å²) in [5.41, 5.74) is 10.0. The van der Waals surface area contributed by atoms with Crippen molar-refractivity contribution < 1.29 is 10.2 Å². The van der Waals surface area contributed by atoms with E-state index in [9.17, 15) is 0 Å². The van der Waals surface area contributed by atoms with Crippen LogP contribution in [0.25, 0.3) is 0 Å². The smallest absolute Gasteiger partial charge is 0.0582 e. The lowest BCUT2D eigenvalue weighted by molar-refractivity contribution is 0.263. The molecule has 0 aromatic rings. The van der Waals surface area contributed by atoms with Gasteiger partial charge in [0.1, 0.15) is 0 Å². The van der Waals surface area contributed by atoms with Gasteiger partial charge in [-0.15, -0.1) is 0 Å². The van der Waals surface area contributed by atoms with E-state index in [2.05, 4.69) is 0 Å². The number of aliphatic hydroxyl groups excluding tert-OH is 2. The van der Waals surface area contributed by atoms with Crippen LogP contribution in [0.15, 0.2) is 0 Å². The zero-order chi connectivity index (χ0) is 8.41. The Hall–Kier alpha value is -0.160. The minimum Gasteiger partial charge on any atom is -0.395 e. The number of hydrogen-bond donors (Lipinski definition) is 4. The van der Waals surface area contributed by atoms with Crippen molar-refractivity contribution in [2.45, 2.75) is 19.4 Å². The lowest BCUT2D eigenvalue weighted by Gasteiger charge is -1.98. The van der Waals surface area contributed by atoms with Crippen molar-refractivity contribution in [3.8, 4) is 0 Å². The van der Waals surface area contributed by atoms with Crippen molar-refractivity contribution in [2.75, 3.05) is 19.8 Å². The number of hydrogen-bond acceptors (Lipinski definition) is 4. The third-order valence-electron chi connectivity index (χ3n) is 0.888. The van der Waals surface area contributed by atoms with Crippen molar-refractivity contribution in [3.63, 3.8) is 0 Å². The lowest BCUT2D eigenvalue weighted by Crippen LogP contribution is -2.22. The molecule has 1 unspecified atom stereocenters. The number of aliphatic hydroxyl groups is 2. The van der Waals surface area contributed by atoms with E-state index in [-0.39, 0.29) is 19.3 Å². The predicted octanol–water partition coefficient (Wildman–Crippen LogP) is -1.35. The van der Waals surface area contributed by atoms with Gasteiger partial charge >= 0.3 is 0 Å². The normalized spacial score (nSPS) is 11.7. The molecule has 0 fully saturated rings. The van der Waals surface area contributed by atoms with Gasteiger partial charge in [-0.25, -0.2) is 0 Å². The summed E-state index contributed by atoms with van der Waals surface area (Å²) >= 11 is 0. The Kier molecular flexibility index (Phi) is 14.5. The molecule has 0 aromatic carbocycles. The summed E-state index contributed by atoms with van der Waals surface area (Å²) in [6.45, 7) is 2.53. The molecule has 0 aliphatic carbocycles. The zero-order valence-corrected chi connectivity index (χ0v) is 6.45. The molecule has 4 nitrogen and oxygen atoms in total. The maximum Gasteiger partial charge on any atom is 0.0582 e. The Morgan fingerprint density at radius 2 is 1.80 bits per heavy atom. The minimum atomic E-state index is -0.00926. The van der Waals surface area contributed by atoms with Gasteiger partial charge in [0.25, 0.3) is 0 Å².